The molecule has 1 N–H and O–H groups in total. The largest absolute Gasteiger partial charge is 0.495 e. The maximum absolute atomic E-state index is 15.2. The van der Waals surface area contributed by atoms with E-state index in [1.54, 1.807) is 25.3 Å². The Morgan fingerprint density at radius 1 is 1.24 bits per heavy atom. The quantitative estimate of drug-likeness (QED) is 0.562. The average molecular weight is 470 g/mol. The Labute approximate surface area is 197 Å². The molecule has 2 fully saturated rings. The number of aliphatic hydroxyl groups is 1. The molecular formula is C25H29F2N5O2. The van der Waals surface area contributed by atoms with E-state index in [0.29, 0.717) is 49.4 Å². The van der Waals surface area contributed by atoms with Crippen LogP contribution in [0.2, 0.25) is 0 Å². The van der Waals surface area contributed by atoms with Gasteiger partial charge in [-0.25, -0.2) is 18.7 Å². The Morgan fingerprint density at radius 3 is 2.68 bits per heavy atom. The van der Waals surface area contributed by atoms with Crippen LogP contribution in [0.5, 0.6) is 5.75 Å². The van der Waals surface area contributed by atoms with Crippen LogP contribution < -0.4 is 14.5 Å². The fourth-order valence-corrected chi connectivity index (χ4v) is 4.68. The van der Waals surface area contributed by atoms with Gasteiger partial charge in [0.25, 0.3) is 0 Å². The number of hydrogen-bond donors (Lipinski definition) is 1. The SMILES string of the molecule is COc1cccnc1C1CCN(c2nc(C3(F)CC3)nc3c(F)cc(N(C)CCO)cc23)CC1. The highest BCUT2D eigenvalue weighted by Crippen LogP contribution is 2.49. The van der Waals surface area contributed by atoms with Crippen molar-refractivity contribution >= 4 is 22.4 Å². The van der Waals surface area contributed by atoms with E-state index in [-0.39, 0.29) is 23.9 Å². The lowest BCUT2D eigenvalue weighted by molar-refractivity contribution is 0.301. The van der Waals surface area contributed by atoms with Crippen LogP contribution in [0, 0.1) is 5.82 Å². The number of alkyl halides is 1. The first-order valence-electron chi connectivity index (χ1n) is 11.7. The Kier molecular flexibility index (Phi) is 5.97. The topological polar surface area (TPSA) is 74.6 Å². The third kappa shape index (κ3) is 4.13. The highest BCUT2D eigenvalue weighted by molar-refractivity contribution is 5.93. The summed E-state index contributed by atoms with van der Waals surface area (Å²) < 4.78 is 35.7. The van der Waals surface area contributed by atoms with Crippen molar-refractivity contribution < 1.29 is 18.6 Å². The van der Waals surface area contributed by atoms with Crippen molar-refractivity contribution in [3.05, 3.63) is 47.8 Å². The zero-order chi connectivity index (χ0) is 23.9. The summed E-state index contributed by atoms with van der Waals surface area (Å²) in [6, 6.07) is 6.99. The van der Waals surface area contributed by atoms with Crippen LogP contribution in [0.15, 0.2) is 30.5 Å². The number of hydrogen-bond acceptors (Lipinski definition) is 7. The van der Waals surface area contributed by atoms with Crippen LogP contribution >= 0.6 is 0 Å². The number of pyridine rings is 1. The van der Waals surface area contributed by atoms with Gasteiger partial charge < -0.3 is 19.6 Å². The Hall–Kier alpha value is -3.07. The van der Waals surface area contributed by atoms with Crippen LogP contribution in [0.1, 0.15) is 43.1 Å². The van der Waals surface area contributed by atoms with E-state index in [9.17, 15) is 9.50 Å². The summed E-state index contributed by atoms with van der Waals surface area (Å²) in [5.74, 6) is 1.13. The van der Waals surface area contributed by atoms with Gasteiger partial charge in [-0.2, -0.15) is 0 Å². The molecule has 2 aliphatic rings. The maximum atomic E-state index is 15.2. The standard InChI is InChI=1S/C25H29F2N5O2/c1-31(12-13-33)17-14-18-22(19(26)15-17)29-24(25(27)7-8-25)30-23(18)32-10-5-16(6-11-32)21-20(34-2)4-3-9-28-21/h3-4,9,14-16,33H,5-8,10-13H2,1-2H3. The summed E-state index contributed by atoms with van der Waals surface area (Å²) in [6.45, 7) is 1.67. The second-order valence-corrected chi connectivity index (χ2v) is 9.16. The third-order valence-corrected chi connectivity index (χ3v) is 6.89. The normalized spacial score (nSPS) is 17.7. The molecule has 1 aromatic carbocycles. The number of halogens is 2. The number of ether oxygens (including phenoxy) is 1. The van der Waals surface area contributed by atoms with Gasteiger partial charge in [0.05, 0.1) is 19.4 Å². The average Bonchev–Trinajstić information content (AvgIpc) is 3.62. The van der Waals surface area contributed by atoms with E-state index in [4.69, 9.17) is 4.74 Å². The first-order valence-corrected chi connectivity index (χ1v) is 11.7. The van der Waals surface area contributed by atoms with Crippen molar-refractivity contribution in [1.82, 2.24) is 15.0 Å². The minimum absolute atomic E-state index is 0.0483. The second kappa shape index (κ2) is 8.94. The van der Waals surface area contributed by atoms with E-state index in [2.05, 4.69) is 19.9 Å². The fourth-order valence-electron chi connectivity index (χ4n) is 4.68. The zero-order valence-electron chi connectivity index (χ0n) is 19.5. The number of methoxy groups -OCH3 is 1. The third-order valence-electron chi connectivity index (χ3n) is 6.89. The van der Waals surface area contributed by atoms with Gasteiger partial charge in [0.2, 0.25) is 0 Å². The van der Waals surface area contributed by atoms with E-state index in [0.717, 1.165) is 24.3 Å². The molecule has 1 saturated heterocycles. The summed E-state index contributed by atoms with van der Waals surface area (Å²) >= 11 is 0. The molecule has 3 heterocycles. The summed E-state index contributed by atoms with van der Waals surface area (Å²) in [4.78, 5) is 17.4. The minimum Gasteiger partial charge on any atom is -0.495 e. The molecular weight excluding hydrogens is 440 g/mol. The first-order chi connectivity index (χ1) is 16.4. The number of piperidine rings is 1. The molecule has 0 bridgehead atoms. The molecule has 1 saturated carbocycles. The van der Waals surface area contributed by atoms with Crippen molar-refractivity contribution in [2.75, 3.05) is 50.2 Å². The van der Waals surface area contributed by atoms with E-state index in [1.165, 1.54) is 6.07 Å². The predicted octanol–water partition coefficient (Wildman–Crippen LogP) is 3.94. The predicted molar refractivity (Wildman–Crippen MR) is 127 cm³/mol. The first kappa shape index (κ1) is 22.7. The summed E-state index contributed by atoms with van der Waals surface area (Å²) in [7, 11) is 3.44. The molecule has 0 atom stereocenters. The molecule has 0 spiro atoms. The molecule has 0 radical (unpaired) electrons. The van der Waals surface area contributed by atoms with E-state index in [1.807, 2.05) is 18.2 Å². The molecule has 180 valence electrons. The summed E-state index contributed by atoms with van der Waals surface area (Å²) in [5.41, 5.74) is 0.128. The number of rotatable bonds is 7. The van der Waals surface area contributed by atoms with Gasteiger partial charge in [-0.3, -0.25) is 4.98 Å². The molecule has 7 nitrogen and oxygen atoms in total. The van der Waals surface area contributed by atoms with Crippen molar-refractivity contribution in [1.29, 1.82) is 0 Å². The van der Waals surface area contributed by atoms with Gasteiger partial charge in [0.1, 0.15) is 17.1 Å². The summed E-state index contributed by atoms with van der Waals surface area (Å²) in [6.07, 6.45) is 4.14. The van der Waals surface area contributed by atoms with Crippen LogP contribution in [0.4, 0.5) is 20.3 Å². The van der Waals surface area contributed by atoms with Crippen LogP contribution in [-0.2, 0) is 5.67 Å². The van der Waals surface area contributed by atoms with E-state index < -0.39 is 11.5 Å². The highest BCUT2D eigenvalue weighted by atomic mass is 19.1. The lowest BCUT2D eigenvalue weighted by atomic mass is 9.92. The molecule has 2 aromatic heterocycles. The Morgan fingerprint density at radius 2 is 2.00 bits per heavy atom. The van der Waals surface area contributed by atoms with Crippen molar-refractivity contribution in [3.8, 4) is 5.75 Å². The molecule has 5 rings (SSSR count). The monoisotopic (exact) mass is 469 g/mol. The Bertz CT molecular complexity index is 1200. The van der Waals surface area contributed by atoms with Gasteiger partial charge in [0, 0.05) is 49.9 Å². The second-order valence-electron chi connectivity index (χ2n) is 9.16. The molecule has 3 aromatic rings. The fraction of sp³-hybridized carbons (Fsp3) is 0.480. The molecule has 9 heteroatoms. The molecule has 1 aliphatic heterocycles. The molecule has 0 amide bonds. The number of aliphatic hydroxyl groups excluding tert-OH is 1. The van der Waals surface area contributed by atoms with Gasteiger partial charge in [-0.05, 0) is 49.9 Å². The van der Waals surface area contributed by atoms with Crippen LogP contribution in [0.25, 0.3) is 10.9 Å². The van der Waals surface area contributed by atoms with Gasteiger partial charge in [-0.15, -0.1) is 0 Å². The lowest BCUT2D eigenvalue weighted by Gasteiger charge is -2.34. The van der Waals surface area contributed by atoms with E-state index >= 15 is 4.39 Å². The lowest BCUT2D eigenvalue weighted by Crippen LogP contribution is -2.34. The van der Waals surface area contributed by atoms with Crippen LogP contribution in [-0.4, -0.2) is 60.5 Å². The van der Waals surface area contributed by atoms with Crippen molar-refractivity contribution in [2.24, 2.45) is 0 Å². The number of anilines is 2. The summed E-state index contributed by atoms with van der Waals surface area (Å²) in [5, 5.41) is 9.86. The molecule has 0 unspecified atom stereocenters. The molecule has 34 heavy (non-hydrogen) atoms. The highest BCUT2D eigenvalue weighted by Gasteiger charge is 2.48. The number of aromatic nitrogens is 3. The van der Waals surface area contributed by atoms with Gasteiger partial charge in [0.15, 0.2) is 17.3 Å². The van der Waals surface area contributed by atoms with Crippen molar-refractivity contribution in [3.63, 3.8) is 0 Å². The molecule has 1 aliphatic carbocycles. The number of benzene rings is 1. The Balaban J connectivity index is 1.51. The van der Waals surface area contributed by atoms with Crippen molar-refractivity contribution in [2.45, 2.75) is 37.3 Å². The maximum Gasteiger partial charge on any atom is 0.170 e. The van der Waals surface area contributed by atoms with Crippen LogP contribution in [0.3, 0.4) is 0 Å². The van der Waals surface area contributed by atoms with Gasteiger partial charge >= 0.3 is 0 Å². The smallest absolute Gasteiger partial charge is 0.170 e. The minimum atomic E-state index is -1.57. The zero-order valence-corrected chi connectivity index (χ0v) is 19.5. The number of likely N-dealkylation sites (N-methyl/N-ethyl adjacent to an activating group) is 1. The van der Waals surface area contributed by atoms with Gasteiger partial charge in [-0.1, -0.05) is 0 Å². The number of fused-ring (bicyclic) bond motifs is 1. The number of nitrogens with zero attached hydrogens (tertiary/aromatic N) is 5.